The highest BCUT2D eigenvalue weighted by atomic mass is 32.1. The van der Waals surface area contributed by atoms with E-state index in [0.717, 1.165) is 17.9 Å². The first-order chi connectivity index (χ1) is 6.81. The third-order valence-electron chi connectivity index (χ3n) is 2.90. The second-order valence-electron chi connectivity index (χ2n) is 3.76. The lowest BCUT2D eigenvalue weighted by molar-refractivity contribution is 0.184. The normalized spacial score (nSPS) is 23.9. The number of likely N-dealkylation sites (N-methyl/N-ethyl adjacent to an activating group) is 1. The van der Waals surface area contributed by atoms with Crippen molar-refractivity contribution in [3.05, 3.63) is 11.1 Å². The molecule has 1 atom stereocenters. The van der Waals surface area contributed by atoms with Crippen molar-refractivity contribution < 1.29 is 0 Å². The Hall–Kier alpha value is -0.680. The molecule has 1 aromatic heterocycles. The first-order valence-corrected chi connectivity index (χ1v) is 5.56. The van der Waals surface area contributed by atoms with E-state index in [2.05, 4.69) is 26.6 Å². The molecule has 14 heavy (non-hydrogen) atoms. The summed E-state index contributed by atoms with van der Waals surface area (Å²) in [6.07, 6.45) is 4.28. The number of nitrogens with one attached hydrogen (secondary N) is 1. The van der Waals surface area contributed by atoms with Crippen LogP contribution in [0.25, 0.3) is 0 Å². The molecule has 0 spiro atoms. The van der Waals surface area contributed by atoms with Gasteiger partial charge in [-0.05, 0) is 38.1 Å². The molecule has 0 bridgehead atoms. The molecule has 0 amide bonds. The number of nitrogens with zero attached hydrogens (tertiary/aromatic N) is 3. The number of likely N-dealkylation sites (tertiary alicyclic amines) is 1. The van der Waals surface area contributed by atoms with Gasteiger partial charge in [-0.3, -0.25) is 5.10 Å². The first kappa shape index (κ1) is 9.86. The third-order valence-corrected chi connectivity index (χ3v) is 3.20. The fraction of sp³-hybridized carbons (Fsp3) is 0.778. The lowest BCUT2D eigenvalue weighted by Crippen LogP contribution is -2.36. The van der Waals surface area contributed by atoms with Crippen molar-refractivity contribution in [1.82, 2.24) is 19.7 Å². The highest BCUT2D eigenvalue weighted by Gasteiger charge is 2.20. The largest absolute Gasteiger partial charge is 0.302 e. The van der Waals surface area contributed by atoms with Crippen LogP contribution in [0.1, 0.15) is 25.8 Å². The van der Waals surface area contributed by atoms with Gasteiger partial charge in [-0.2, -0.15) is 5.10 Å². The molecule has 1 N–H and O–H groups in total. The summed E-state index contributed by atoms with van der Waals surface area (Å²) in [7, 11) is 0. The van der Waals surface area contributed by atoms with Crippen LogP contribution >= 0.6 is 12.2 Å². The molecule has 1 fully saturated rings. The molecule has 5 heteroatoms. The quantitative estimate of drug-likeness (QED) is 0.757. The minimum atomic E-state index is 0.509. The predicted molar refractivity (Wildman–Crippen MR) is 57.8 cm³/mol. The van der Waals surface area contributed by atoms with Crippen molar-refractivity contribution >= 4 is 12.2 Å². The summed E-state index contributed by atoms with van der Waals surface area (Å²) in [6.45, 7) is 5.65. The zero-order chi connectivity index (χ0) is 9.97. The van der Waals surface area contributed by atoms with E-state index in [1.165, 1.54) is 19.4 Å². The number of hydrogen-bond acceptors (Lipinski definition) is 3. The van der Waals surface area contributed by atoms with Gasteiger partial charge in [0.25, 0.3) is 0 Å². The number of piperidine rings is 1. The lowest BCUT2D eigenvalue weighted by Gasteiger charge is -2.32. The topological polar surface area (TPSA) is 36.9 Å². The molecule has 0 aromatic carbocycles. The molecule has 1 saturated heterocycles. The average molecular weight is 212 g/mol. The number of hydrogen-bond donors (Lipinski definition) is 1. The Kier molecular flexibility index (Phi) is 2.98. The standard InChI is InChI=1S/C9H16N4S/c1-2-12-5-3-4-8(6-12)13-7-10-11-9(13)14/h7-8H,2-6H2,1H3,(H,11,14). The van der Waals surface area contributed by atoms with Gasteiger partial charge in [-0.1, -0.05) is 6.92 Å². The maximum Gasteiger partial charge on any atom is 0.195 e. The van der Waals surface area contributed by atoms with E-state index in [4.69, 9.17) is 12.2 Å². The van der Waals surface area contributed by atoms with Crippen LogP contribution in [-0.2, 0) is 0 Å². The van der Waals surface area contributed by atoms with Crippen molar-refractivity contribution in [2.75, 3.05) is 19.6 Å². The summed E-state index contributed by atoms with van der Waals surface area (Å²) in [6, 6.07) is 0.509. The second-order valence-corrected chi connectivity index (χ2v) is 4.14. The zero-order valence-corrected chi connectivity index (χ0v) is 9.26. The smallest absolute Gasteiger partial charge is 0.195 e. The van der Waals surface area contributed by atoms with Gasteiger partial charge in [0.05, 0.1) is 6.04 Å². The van der Waals surface area contributed by atoms with Crippen LogP contribution in [0.2, 0.25) is 0 Å². The molecule has 0 radical (unpaired) electrons. The summed E-state index contributed by atoms with van der Waals surface area (Å²) in [4.78, 5) is 2.46. The minimum absolute atomic E-state index is 0.509. The second kappa shape index (κ2) is 4.23. The Balaban J connectivity index is 2.12. The third kappa shape index (κ3) is 1.88. The van der Waals surface area contributed by atoms with Gasteiger partial charge >= 0.3 is 0 Å². The highest BCUT2D eigenvalue weighted by molar-refractivity contribution is 7.71. The maximum atomic E-state index is 5.17. The molecule has 2 rings (SSSR count). The van der Waals surface area contributed by atoms with E-state index in [9.17, 15) is 0 Å². The van der Waals surface area contributed by atoms with Gasteiger partial charge in [-0.25, -0.2) is 0 Å². The number of aromatic nitrogens is 3. The van der Waals surface area contributed by atoms with Crippen molar-refractivity contribution in [2.45, 2.75) is 25.8 Å². The van der Waals surface area contributed by atoms with Crippen LogP contribution in [0.5, 0.6) is 0 Å². The zero-order valence-electron chi connectivity index (χ0n) is 8.44. The van der Waals surface area contributed by atoms with Crippen LogP contribution < -0.4 is 0 Å². The molecule has 2 heterocycles. The Morgan fingerprint density at radius 1 is 1.71 bits per heavy atom. The number of rotatable bonds is 2. The van der Waals surface area contributed by atoms with Crippen LogP contribution in [0.4, 0.5) is 0 Å². The highest BCUT2D eigenvalue weighted by Crippen LogP contribution is 2.20. The molecule has 1 aromatic rings. The Bertz CT molecular complexity index is 343. The van der Waals surface area contributed by atoms with Crippen LogP contribution in [0, 0.1) is 4.77 Å². The maximum absolute atomic E-state index is 5.17. The molecular weight excluding hydrogens is 196 g/mol. The van der Waals surface area contributed by atoms with Gasteiger partial charge in [0.1, 0.15) is 6.33 Å². The van der Waals surface area contributed by atoms with Gasteiger partial charge < -0.3 is 9.47 Å². The molecule has 1 aliphatic rings. The van der Waals surface area contributed by atoms with E-state index in [-0.39, 0.29) is 0 Å². The van der Waals surface area contributed by atoms with Crippen molar-refractivity contribution in [3.63, 3.8) is 0 Å². The summed E-state index contributed by atoms with van der Waals surface area (Å²) in [5.41, 5.74) is 0. The van der Waals surface area contributed by atoms with E-state index < -0.39 is 0 Å². The van der Waals surface area contributed by atoms with E-state index >= 15 is 0 Å². The van der Waals surface area contributed by atoms with Gasteiger partial charge in [-0.15, -0.1) is 0 Å². The monoisotopic (exact) mass is 212 g/mol. The van der Waals surface area contributed by atoms with Crippen molar-refractivity contribution in [2.24, 2.45) is 0 Å². The Labute approximate surface area is 88.9 Å². The number of aromatic amines is 1. The summed E-state index contributed by atoms with van der Waals surface area (Å²) in [5.74, 6) is 0. The fourth-order valence-corrected chi connectivity index (χ4v) is 2.31. The lowest BCUT2D eigenvalue weighted by atomic mass is 10.1. The van der Waals surface area contributed by atoms with Crippen LogP contribution in [0.15, 0.2) is 6.33 Å². The fourth-order valence-electron chi connectivity index (χ4n) is 2.06. The van der Waals surface area contributed by atoms with E-state index in [1.54, 1.807) is 0 Å². The molecular formula is C9H16N4S. The van der Waals surface area contributed by atoms with E-state index in [0.29, 0.717) is 6.04 Å². The van der Waals surface area contributed by atoms with Crippen molar-refractivity contribution in [1.29, 1.82) is 0 Å². The summed E-state index contributed by atoms with van der Waals surface area (Å²) < 4.78 is 2.82. The molecule has 78 valence electrons. The Morgan fingerprint density at radius 3 is 3.21 bits per heavy atom. The van der Waals surface area contributed by atoms with Gasteiger partial charge in [0, 0.05) is 6.54 Å². The molecule has 0 aliphatic carbocycles. The van der Waals surface area contributed by atoms with Gasteiger partial charge in [0.15, 0.2) is 4.77 Å². The summed E-state index contributed by atoms with van der Waals surface area (Å²) >= 11 is 5.17. The first-order valence-electron chi connectivity index (χ1n) is 5.15. The molecule has 1 aliphatic heterocycles. The average Bonchev–Trinajstić information content (AvgIpc) is 2.65. The number of H-pyrrole nitrogens is 1. The molecule has 0 saturated carbocycles. The Morgan fingerprint density at radius 2 is 2.57 bits per heavy atom. The minimum Gasteiger partial charge on any atom is -0.302 e. The van der Waals surface area contributed by atoms with Gasteiger partial charge in [0.2, 0.25) is 0 Å². The molecule has 4 nitrogen and oxygen atoms in total. The predicted octanol–water partition coefficient (Wildman–Crippen LogP) is 1.60. The molecule has 1 unspecified atom stereocenters. The van der Waals surface area contributed by atoms with Crippen molar-refractivity contribution in [3.8, 4) is 0 Å². The SMILES string of the molecule is CCN1CCCC(n2cn[nH]c2=S)C1. The van der Waals surface area contributed by atoms with Crippen LogP contribution in [-0.4, -0.2) is 39.3 Å². The van der Waals surface area contributed by atoms with E-state index in [1.807, 2.05) is 6.33 Å². The summed E-state index contributed by atoms with van der Waals surface area (Å²) in [5, 5.41) is 6.77. The van der Waals surface area contributed by atoms with Crippen LogP contribution in [0.3, 0.4) is 0 Å².